The van der Waals surface area contributed by atoms with Gasteiger partial charge >= 0.3 is 8.80 Å². The lowest BCUT2D eigenvalue weighted by Crippen LogP contribution is -2.50. The normalized spacial score (nSPS) is 12.2. The molecule has 5 nitrogen and oxygen atoms in total. The zero-order valence-corrected chi connectivity index (χ0v) is 14.3. The van der Waals surface area contributed by atoms with E-state index < -0.39 is 8.80 Å². The number of imidazole rings is 1. The lowest BCUT2D eigenvalue weighted by molar-refractivity contribution is 0.0651. The Balaban J connectivity index is 2.39. The molecule has 2 aromatic rings. The maximum Gasteiger partial charge on any atom is 0.521 e. The molecule has 1 aromatic carbocycles. The first-order valence-electron chi connectivity index (χ1n) is 7.49. The standard InChI is InChI=1S/C15H24N2O3Si/c1-5-18-21(19-6-2,20-7-3)12-17-13(4)16-14-10-8-9-11-15(14)17/h8-11H,5-7,12H2,1-4H3. The van der Waals surface area contributed by atoms with Gasteiger partial charge in [0.2, 0.25) is 0 Å². The molecular weight excluding hydrogens is 284 g/mol. The number of aromatic nitrogens is 2. The Kier molecular flexibility index (Phi) is 5.52. The molecule has 0 aliphatic heterocycles. The second-order valence-corrected chi connectivity index (χ2v) is 7.26. The molecule has 0 bridgehead atoms. The molecule has 2 rings (SSSR count). The van der Waals surface area contributed by atoms with Crippen molar-refractivity contribution >= 4 is 19.8 Å². The monoisotopic (exact) mass is 308 g/mol. The summed E-state index contributed by atoms with van der Waals surface area (Å²) in [5.74, 6) is 0.951. The van der Waals surface area contributed by atoms with E-state index in [4.69, 9.17) is 13.3 Å². The van der Waals surface area contributed by atoms with Crippen molar-refractivity contribution in [1.29, 1.82) is 0 Å². The van der Waals surface area contributed by atoms with Crippen molar-refractivity contribution in [3.63, 3.8) is 0 Å². The average Bonchev–Trinajstić information content (AvgIpc) is 2.76. The van der Waals surface area contributed by atoms with E-state index in [1.54, 1.807) is 0 Å². The van der Waals surface area contributed by atoms with Crippen molar-refractivity contribution in [1.82, 2.24) is 9.55 Å². The van der Waals surface area contributed by atoms with E-state index in [-0.39, 0.29) is 0 Å². The summed E-state index contributed by atoms with van der Waals surface area (Å²) < 4.78 is 19.9. The van der Waals surface area contributed by atoms with Gasteiger partial charge in [0.25, 0.3) is 0 Å². The summed E-state index contributed by atoms with van der Waals surface area (Å²) >= 11 is 0. The molecule has 0 spiro atoms. The van der Waals surface area contributed by atoms with Crippen LogP contribution in [0.2, 0.25) is 0 Å². The number of hydrogen-bond acceptors (Lipinski definition) is 4. The van der Waals surface area contributed by atoms with Gasteiger partial charge in [0.15, 0.2) is 0 Å². The summed E-state index contributed by atoms with van der Waals surface area (Å²) in [7, 11) is -2.73. The summed E-state index contributed by atoms with van der Waals surface area (Å²) in [6.45, 7) is 9.66. The van der Waals surface area contributed by atoms with Gasteiger partial charge in [0.05, 0.1) is 17.2 Å². The lowest BCUT2D eigenvalue weighted by Gasteiger charge is -2.29. The van der Waals surface area contributed by atoms with Crippen LogP contribution < -0.4 is 0 Å². The number of fused-ring (bicyclic) bond motifs is 1. The molecule has 0 radical (unpaired) electrons. The van der Waals surface area contributed by atoms with Crippen LogP contribution in [0.1, 0.15) is 26.6 Å². The molecule has 21 heavy (non-hydrogen) atoms. The van der Waals surface area contributed by atoms with E-state index >= 15 is 0 Å². The zero-order chi connectivity index (χ0) is 15.3. The third-order valence-electron chi connectivity index (χ3n) is 3.29. The van der Waals surface area contributed by atoms with Crippen molar-refractivity contribution < 1.29 is 13.3 Å². The fourth-order valence-corrected chi connectivity index (χ4v) is 5.14. The van der Waals surface area contributed by atoms with Gasteiger partial charge in [0, 0.05) is 19.8 Å². The Hall–Kier alpha value is -1.21. The minimum Gasteiger partial charge on any atom is -0.373 e. The van der Waals surface area contributed by atoms with Crippen LogP contribution in [0.15, 0.2) is 24.3 Å². The highest BCUT2D eigenvalue weighted by atomic mass is 28.4. The van der Waals surface area contributed by atoms with Gasteiger partial charge in [-0.05, 0) is 39.8 Å². The molecule has 0 aliphatic rings. The molecule has 1 heterocycles. The number of nitrogens with zero attached hydrogens (tertiary/aromatic N) is 2. The minimum absolute atomic E-state index is 0.581. The number of aryl methyl sites for hydroxylation is 1. The van der Waals surface area contributed by atoms with Crippen molar-refractivity contribution in [3.8, 4) is 0 Å². The second-order valence-electron chi connectivity index (χ2n) is 4.72. The number of para-hydroxylation sites is 2. The van der Waals surface area contributed by atoms with Gasteiger partial charge in [-0.2, -0.15) is 0 Å². The van der Waals surface area contributed by atoms with E-state index in [1.165, 1.54) is 0 Å². The first-order chi connectivity index (χ1) is 10.2. The summed E-state index contributed by atoms with van der Waals surface area (Å²) in [5, 5.41) is 0. The maximum atomic E-state index is 5.93. The van der Waals surface area contributed by atoms with Crippen LogP contribution in [0.4, 0.5) is 0 Å². The predicted molar refractivity (Wildman–Crippen MR) is 85.1 cm³/mol. The smallest absolute Gasteiger partial charge is 0.373 e. The van der Waals surface area contributed by atoms with E-state index in [9.17, 15) is 0 Å². The second kappa shape index (κ2) is 7.17. The molecule has 116 valence electrons. The van der Waals surface area contributed by atoms with Crippen molar-refractivity contribution in [2.24, 2.45) is 0 Å². The van der Waals surface area contributed by atoms with Gasteiger partial charge in [-0.15, -0.1) is 0 Å². The van der Waals surface area contributed by atoms with Crippen molar-refractivity contribution in [3.05, 3.63) is 30.1 Å². The number of benzene rings is 1. The van der Waals surface area contributed by atoms with Crippen LogP contribution >= 0.6 is 0 Å². The first-order valence-corrected chi connectivity index (χ1v) is 9.42. The molecule has 0 N–H and O–H groups in total. The fraction of sp³-hybridized carbons (Fsp3) is 0.533. The molecule has 0 aliphatic carbocycles. The van der Waals surface area contributed by atoms with Crippen LogP contribution in [-0.4, -0.2) is 38.2 Å². The first kappa shape index (κ1) is 16.2. The Morgan fingerprint density at radius 3 is 2.14 bits per heavy atom. The van der Waals surface area contributed by atoms with E-state index in [0.29, 0.717) is 26.0 Å². The van der Waals surface area contributed by atoms with Crippen molar-refractivity contribution in [2.75, 3.05) is 19.8 Å². The third-order valence-corrected chi connectivity index (χ3v) is 6.18. The summed E-state index contributed by atoms with van der Waals surface area (Å²) in [4.78, 5) is 4.60. The van der Waals surface area contributed by atoms with Crippen LogP contribution in [0.5, 0.6) is 0 Å². The predicted octanol–water partition coefficient (Wildman–Crippen LogP) is 2.93. The quantitative estimate of drug-likeness (QED) is 0.703. The van der Waals surface area contributed by atoms with Crippen molar-refractivity contribution in [2.45, 2.75) is 33.9 Å². The fourth-order valence-electron chi connectivity index (χ4n) is 2.51. The molecule has 0 amide bonds. The van der Waals surface area contributed by atoms with Gasteiger partial charge in [-0.1, -0.05) is 12.1 Å². The number of hydrogen-bond donors (Lipinski definition) is 0. The molecule has 0 saturated carbocycles. The number of rotatable bonds is 8. The SMILES string of the molecule is CCO[Si](Cn1c(C)nc2ccccc21)(OCC)OCC. The highest BCUT2D eigenvalue weighted by Crippen LogP contribution is 2.20. The van der Waals surface area contributed by atoms with Gasteiger partial charge < -0.3 is 17.8 Å². The zero-order valence-electron chi connectivity index (χ0n) is 13.3. The molecule has 0 fully saturated rings. The Morgan fingerprint density at radius 2 is 1.57 bits per heavy atom. The minimum atomic E-state index is -2.73. The largest absolute Gasteiger partial charge is 0.521 e. The topological polar surface area (TPSA) is 45.5 Å². The van der Waals surface area contributed by atoms with Crippen LogP contribution in [0.3, 0.4) is 0 Å². The van der Waals surface area contributed by atoms with E-state index in [0.717, 1.165) is 16.9 Å². The lowest BCUT2D eigenvalue weighted by atomic mass is 10.3. The van der Waals surface area contributed by atoms with Crippen LogP contribution in [0, 0.1) is 6.92 Å². The van der Waals surface area contributed by atoms with E-state index in [2.05, 4.69) is 15.6 Å². The summed E-state index contributed by atoms with van der Waals surface area (Å²) in [6.07, 6.45) is 0.592. The molecule has 0 unspecified atom stereocenters. The third kappa shape index (κ3) is 3.52. The molecular formula is C15H24N2O3Si. The van der Waals surface area contributed by atoms with Gasteiger partial charge in [0.1, 0.15) is 5.82 Å². The molecule has 1 aromatic heterocycles. The Bertz CT molecular complexity index is 568. The van der Waals surface area contributed by atoms with Gasteiger partial charge in [-0.3, -0.25) is 0 Å². The summed E-state index contributed by atoms with van der Waals surface area (Å²) in [6, 6.07) is 8.10. The highest BCUT2D eigenvalue weighted by Gasteiger charge is 2.41. The Morgan fingerprint density at radius 1 is 1.00 bits per heavy atom. The van der Waals surface area contributed by atoms with Gasteiger partial charge in [-0.25, -0.2) is 4.98 Å². The Labute approximate surface area is 127 Å². The van der Waals surface area contributed by atoms with Crippen LogP contribution in [-0.2, 0) is 19.4 Å². The van der Waals surface area contributed by atoms with E-state index in [1.807, 2.05) is 45.9 Å². The molecule has 6 heteroatoms. The highest BCUT2D eigenvalue weighted by molar-refractivity contribution is 6.59. The maximum absolute atomic E-state index is 5.93. The van der Waals surface area contributed by atoms with Crippen LogP contribution in [0.25, 0.3) is 11.0 Å². The summed E-state index contributed by atoms with van der Waals surface area (Å²) in [5.41, 5.74) is 2.08. The molecule has 0 saturated heterocycles. The molecule has 0 atom stereocenters. The average molecular weight is 308 g/mol.